The van der Waals surface area contributed by atoms with Gasteiger partial charge in [0.2, 0.25) is 0 Å². The first-order chi connectivity index (χ1) is 9.49. The molecule has 0 atom stereocenters. The first kappa shape index (κ1) is 14.3. The summed E-state index contributed by atoms with van der Waals surface area (Å²) in [6.45, 7) is 0. The second-order valence-electron chi connectivity index (χ2n) is 4.07. The Morgan fingerprint density at radius 2 is 2.05 bits per heavy atom. The van der Waals surface area contributed by atoms with E-state index in [-0.39, 0.29) is 5.56 Å². The molecule has 0 bridgehead atoms. The SMILES string of the molecule is COc1ccc(NC(=O)c2cc(F)cc(Br)c2)c(N)c1. The largest absolute Gasteiger partial charge is 0.497 e. The molecule has 0 aliphatic rings. The van der Waals surface area contributed by atoms with Gasteiger partial charge in [0.25, 0.3) is 5.91 Å². The molecule has 0 aliphatic heterocycles. The minimum Gasteiger partial charge on any atom is -0.497 e. The lowest BCUT2D eigenvalue weighted by atomic mass is 10.2. The van der Waals surface area contributed by atoms with E-state index < -0.39 is 11.7 Å². The molecule has 0 unspecified atom stereocenters. The lowest BCUT2D eigenvalue weighted by Crippen LogP contribution is -2.13. The van der Waals surface area contributed by atoms with E-state index >= 15 is 0 Å². The molecule has 0 spiro atoms. The highest BCUT2D eigenvalue weighted by atomic mass is 79.9. The van der Waals surface area contributed by atoms with Crippen LogP contribution in [0, 0.1) is 5.82 Å². The second-order valence-corrected chi connectivity index (χ2v) is 4.98. The van der Waals surface area contributed by atoms with Crippen molar-refractivity contribution in [2.75, 3.05) is 18.2 Å². The Morgan fingerprint density at radius 1 is 1.30 bits per heavy atom. The molecule has 1 amide bonds. The van der Waals surface area contributed by atoms with Crippen LogP contribution in [0.25, 0.3) is 0 Å². The Labute approximate surface area is 123 Å². The minimum absolute atomic E-state index is 0.201. The Hall–Kier alpha value is -2.08. The van der Waals surface area contributed by atoms with Crippen molar-refractivity contribution in [3.05, 3.63) is 52.3 Å². The van der Waals surface area contributed by atoms with Crippen molar-refractivity contribution in [3.8, 4) is 5.75 Å². The number of ether oxygens (including phenoxy) is 1. The number of nitrogen functional groups attached to an aromatic ring is 1. The van der Waals surface area contributed by atoms with Crippen LogP contribution in [0.15, 0.2) is 40.9 Å². The molecule has 0 heterocycles. The lowest BCUT2D eigenvalue weighted by molar-refractivity contribution is 0.102. The molecule has 0 fully saturated rings. The van der Waals surface area contributed by atoms with Crippen LogP contribution < -0.4 is 15.8 Å². The molecule has 0 aliphatic carbocycles. The van der Waals surface area contributed by atoms with Crippen LogP contribution >= 0.6 is 15.9 Å². The molecule has 2 aromatic rings. The van der Waals surface area contributed by atoms with Crippen LogP contribution in [-0.2, 0) is 0 Å². The minimum atomic E-state index is -0.493. The van der Waals surface area contributed by atoms with Crippen molar-refractivity contribution in [3.63, 3.8) is 0 Å². The van der Waals surface area contributed by atoms with Crippen molar-refractivity contribution >= 4 is 33.2 Å². The third kappa shape index (κ3) is 3.27. The summed E-state index contributed by atoms with van der Waals surface area (Å²) in [6, 6.07) is 8.85. The van der Waals surface area contributed by atoms with E-state index in [9.17, 15) is 9.18 Å². The van der Waals surface area contributed by atoms with E-state index in [2.05, 4.69) is 21.2 Å². The molecule has 3 N–H and O–H groups in total. The van der Waals surface area contributed by atoms with Gasteiger partial charge >= 0.3 is 0 Å². The number of methoxy groups -OCH3 is 1. The number of carbonyl (C=O) groups is 1. The van der Waals surface area contributed by atoms with Crippen LogP contribution in [0.2, 0.25) is 0 Å². The van der Waals surface area contributed by atoms with Crippen LogP contribution in [0.3, 0.4) is 0 Å². The number of hydrogen-bond donors (Lipinski definition) is 2. The molecule has 0 radical (unpaired) electrons. The maximum Gasteiger partial charge on any atom is 0.255 e. The van der Waals surface area contributed by atoms with E-state index in [1.165, 1.54) is 19.2 Å². The molecule has 20 heavy (non-hydrogen) atoms. The summed E-state index contributed by atoms with van der Waals surface area (Å²) >= 11 is 3.14. The fourth-order valence-corrected chi connectivity index (χ4v) is 2.13. The van der Waals surface area contributed by atoms with E-state index in [0.29, 0.717) is 21.6 Å². The summed E-state index contributed by atoms with van der Waals surface area (Å²) in [6.07, 6.45) is 0. The monoisotopic (exact) mass is 338 g/mol. The summed E-state index contributed by atoms with van der Waals surface area (Å²) < 4.78 is 18.8. The summed E-state index contributed by atoms with van der Waals surface area (Å²) in [7, 11) is 1.53. The zero-order chi connectivity index (χ0) is 14.7. The lowest BCUT2D eigenvalue weighted by Gasteiger charge is -2.10. The molecule has 2 rings (SSSR count). The number of carbonyl (C=O) groups excluding carboxylic acids is 1. The first-order valence-electron chi connectivity index (χ1n) is 5.70. The number of nitrogens with two attached hydrogens (primary N) is 1. The number of hydrogen-bond acceptors (Lipinski definition) is 3. The summed E-state index contributed by atoms with van der Waals surface area (Å²) in [5.74, 6) is -0.344. The molecule has 104 valence electrons. The van der Waals surface area contributed by atoms with E-state index in [0.717, 1.165) is 6.07 Å². The van der Waals surface area contributed by atoms with Gasteiger partial charge in [-0.3, -0.25) is 4.79 Å². The van der Waals surface area contributed by atoms with Crippen LogP contribution in [-0.4, -0.2) is 13.0 Å². The average molecular weight is 339 g/mol. The number of nitrogens with one attached hydrogen (secondary N) is 1. The predicted molar refractivity (Wildman–Crippen MR) is 79.5 cm³/mol. The molecule has 0 aromatic heterocycles. The van der Waals surface area contributed by atoms with E-state index in [4.69, 9.17) is 10.5 Å². The molecular formula is C14H12BrFN2O2. The van der Waals surface area contributed by atoms with Crippen LogP contribution in [0.5, 0.6) is 5.75 Å². The fraction of sp³-hybridized carbons (Fsp3) is 0.0714. The topological polar surface area (TPSA) is 64.3 Å². The Bertz CT molecular complexity index is 641. The van der Waals surface area contributed by atoms with Crippen LogP contribution in [0.1, 0.15) is 10.4 Å². The Morgan fingerprint density at radius 3 is 2.65 bits per heavy atom. The summed E-state index contributed by atoms with van der Waals surface area (Å²) in [5, 5.41) is 2.63. The van der Waals surface area contributed by atoms with Gasteiger partial charge in [-0.15, -0.1) is 0 Å². The predicted octanol–water partition coefficient (Wildman–Crippen LogP) is 3.43. The highest BCUT2D eigenvalue weighted by Crippen LogP contribution is 2.25. The van der Waals surface area contributed by atoms with Crippen molar-refractivity contribution < 1.29 is 13.9 Å². The summed E-state index contributed by atoms with van der Waals surface area (Å²) in [5.41, 5.74) is 6.82. The molecule has 0 saturated carbocycles. The first-order valence-corrected chi connectivity index (χ1v) is 6.50. The highest BCUT2D eigenvalue weighted by molar-refractivity contribution is 9.10. The van der Waals surface area contributed by atoms with E-state index in [1.807, 2.05) is 0 Å². The average Bonchev–Trinajstić information content (AvgIpc) is 2.39. The summed E-state index contributed by atoms with van der Waals surface area (Å²) in [4.78, 5) is 12.0. The Balaban J connectivity index is 2.23. The molecule has 0 saturated heterocycles. The number of anilines is 2. The molecule has 4 nitrogen and oxygen atoms in total. The molecular weight excluding hydrogens is 327 g/mol. The normalized spacial score (nSPS) is 10.2. The standard InChI is InChI=1S/C14H12BrFN2O2/c1-20-11-2-3-13(12(17)7-11)18-14(19)8-4-9(15)6-10(16)5-8/h2-7H,17H2,1H3,(H,18,19). The third-order valence-electron chi connectivity index (χ3n) is 2.63. The molecule has 2 aromatic carbocycles. The fourth-order valence-electron chi connectivity index (χ4n) is 1.66. The van der Waals surface area contributed by atoms with Crippen molar-refractivity contribution in [1.29, 1.82) is 0 Å². The zero-order valence-corrected chi connectivity index (χ0v) is 12.2. The zero-order valence-electron chi connectivity index (χ0n) is 10.6. The van der Waals surface area contributed by atoms with Gasteiger partial charge in [0, 0.05) is 16.1 Å². The number of rotatable bonds is 3. The van der Waals surface area contributed by atoms with E-state index in [1.54, 1.807) is 18.2 Å². The van der Waals surface area contributed by atoms with Crippen molar-refractivity contribution in [2.45, 2.75) is 0 Å². The number of amides is 1. The van der Waals surface area contributed by atoms with Gasteiger partial charge in [0.05, 0.1) is 18.5 Å². The van der Waals surface area contributed by atoms with Gasteiger partial charge in [-0.2, -0.15) is 0 Å². The van der Waals surface area contributed by atoms with Gasteiger partial charge in [-0.1, -0.05) is 15.9 Å². The molecule has 6 heteroatoms. The van der Waals surface area contributed by atoms with Gasteiger partial charge < -0.3 is 15.8 Å². The van der Waals surface area contributed by atoms with Crippen LogP contribution in [0.4, 0.5) is 15.8 Å². The highest BCUT2D eigenvalue weighted by Gasteiger charge is 2.10. The van der Waals surface area contributed by atoms with Gasteiger partial charge in [-0.25, -0.2) is 4.39 Å². The second kappa shape index (κ2) is 5.92. The van der Waals surface area contributed by atoms with Gasteiger partial charge in [0.1, 0.15) is 11.6 Å². The van der Waals surface area contributed by atoms with Crippen molar-refractivity contribution in [1.82, 2.24) is 0 Å². The Kier molecular flexibility index (Phi) is 4.24. The maximum atomic E-state index is 13.3. The maximum absolute atomic E-state index is 13.3. The number of halogens is 2. The quantitative estimate of drug-likeness (QED) is 0.842. The smallest absolute Gasteiger partial charge is 0.255 e. The van der Waals surface area contributed by atoms with Gasteiger partial charge in [0.15, 0.2) is 0 Å². The van der Waals surface area contributed by atoms with Crippen molar-refractivity contribution in [2.24, 2.45) is 0 Å². The van der Waals surface area contributed by atoms with Gasteiger partial charge in [-0.05, 0) is 30.3 Å². The number of benzene rings is 2. The third-order valence-corrected chi connectivity index (χ3v) is 3.09.